The fourth-order valence-corrected chi connectivity index (χ4v) is 3.54. The standard InChI is InChI=1S/C20H21NO4S/c1-12(22)21(2)11-13-5-8-17-15(9-13)20(26-4)19(25-17)14-6-7-16(23)18(10-14)24-3/h5-10,23H,11H2,1-4H3. The number of nitrogens with zero attached hydrogens (tertiary/aromatic N) is 1. The van der Waals surface area contributed by atoms with Crippen molar-refractivity contribution in [3.8, 4) is 22.8 Å². The lowest BCUT2D eigenvalue weighted by Crippen LogP contribution is -2.22. The van der Waals surface area contributed by atoms with Gasteiger partial charge in [-0.25, -0.2) is 0 Å². The first kappa shape index (κ1) is 18.2. The number of methoxy groups -OCH3 is 1. The molecule has 0 saturated carbocycles. The fraction of sp³-hybridized carbons (Fsp3) is 0.250. The third-order valence-electron chi connectivity index (χ3n) is 4.31. The summed E-state index contributed by atoms with van der Waals surface area (Å²) in [6.45, 7) is 2.10. The molecule has 0 aliphatic rings. The minimum absolute atomic E-state index is 0.0271. The Morgan fingerprint density at radius 3 is 2.69 bits per heavy atom. The first-order valence-electron chi connectivity index (χ1n) is 8.13. The Morgan fingerprint density at radius 2 is 2.04 bits per heavy atom. The van der Waals surface area contributed by atoms with E-state index in [1.54, 1.807) is 48.8 Å². The van der Waals surface area contributed by atoms with E-state index in [0.29, 0.717) is 12.3 Å². The number of fused-ring (bicyclic) bond motifs is 1. The summed E-state index contributed by atoms with van der Waals surface area (Å²) in [4.78, 5) is 14.2. The van der Waals surface area contributed by atoms with Crippen LogP contribution in [0.5, 0.6) is 11.5 Å². The van der Waals surface area contributed by atoms with Crippen LogP contribution in [-0.4, -0.2) is 36.3 Å². The van der Waals surface area contributed by atoms with Crippen molar-refractivity contribution in [2.45, 2.75) is 18.4 Å². The molecule has 1 amide bonds. The first-order valence-corrected chi connectivity index (χ1v) is 9.35. The van der Waals surface area contributed by atoms with E-state index in [2.05, 4.69) is 6.07 Å². The number of thioether (sulfide) groups is 1. The van der Waals surface area contributed by atoms with E-state index in [1.165, 1.54) is 7.11 Å². The molecule has 2 aromatic carbocycles. The smallest absolute Gasteiger partial charge is 0.219 e. The van der Waals surface area contributed by atoms with Crippen molar-refractivity contribution in [1.82, 2.24) is 4.90 Å². The third-order valence-corrected chi connectivity index (χ3v) is 5.12. The second-order valence-corrected chi connectivity index (χ2v) is 6.87. The summed E-state index contributed by atoms with van der Waals surface area (Å²) in [5.74, 6) is 1.26. The molecule has 0 saturated heterocycles. The number of aromatic hydroxyl groups is 1. The molecule has 136 valence electrons. The average molecular weight is 371 g/mol. The van der Waals surface area contributed by atoms with Crippen LogP contribution in [0.1, 0.15) is 12.5 Å². The summed E-state index contributed by atoms with van der Waals surface area (Å²) < 4.78 is 11.3. The number of carbonyl (C=O) groups is 1. The molecule has 1 aromatic heterocycles. The summed E-state index contributed by atoms with van der Waals surface area (Å²) in [5.41, 5.74) is 2.66. The van der Waals surface area contributed by atoms with Crippen molar-refractivity contribution in [3.05, 3.63) is 42.0 Å². The van der Waals surface area contributed by atoms with E-state index in [9.17, 15) is 9.90 Å². The number of hydrogen-bond acceptors (Lipinski definition) is 5. The molecule has 5 nitrogen and oxygen atoms in total. The minimum atomic E-state index is 0.0271. The zero-order chi connectivity index (χ0) is 18.8. The highest BCUT2D eigenvalue weighted by atomic mass is 32.2. The van der Waals surface area contributed by atoms with E-state index < -0.39 is 0 Å². The lowest BCUT2D eigenvalue weighted by atomic mass is 10.1. The van der Waals surface area contributed by atoms with Gasteiger partial charge in [-0.3, -0.25) is 4.79 Å². The van der Waals surface area contributed by atoms with Gasteiger partial charge in [-0.2, -0.15) is 0 Å². The van der Waals surface area contributed by atoms with Crippen LogP contribution in [-0.2, 0) is 11.3 Å². The molecule has 26 heavy (non-hydrogen) atoms. The molecule has 0 spiro atoms. The number of benzene rings is 2. The number of rotatable bonds is 5. The molecule has 0 atom stereocenters. The van der Waals surface area contributed by atoms with Crippen LogP contribution in [0.3, 0.4) is 0 Å². The third kappa shape index (κ3) is 3.37. The highest BCUT2D eigenvalue weighted by molar-refractivity contribution is 7.99. The maximum absolute atomic E-state index is 11.5. The summed E-state index contributed by atoms with van der Waals surface area (Å²) >= 11 is 1.60. The van der Waals surface area contributed by atoms with Gasteiger partial charge < -0.3 is 19.2 Å². The summed E-state index contributed by atoms with van der Waals surface area (Å²) in [5, 5.41) is 10.8. The number of carbonyl (C=O) groups excluding carboxylic acids is 1. The van der Waals surface area contributed by atoms with Crippen LogP contribution in [0, 0.1) is 0 Å². The topological polar surface area (TPSA) is 62.9 Å². The molecule has 3 rings (SSSR count). The predicted octanol–water partition coefficient (Wildman–Crippen LogP) is 4.51. The van der Waals surface area contributed by atoms with Gasteiger partial charge in [0.25, 0.3) is 0 Å². The maximum Gasteiger partial charge on any atom is 0.219 e. The number of phenolic OH excluding ortho intramolecular Hbond substituents is 1. The van der Waals surface area contributed by atoms with Crippen LogP contribution in [0.2, 0.25) is 0 Å². The van der Waals surface area contributed by atoms with E-state index in [4.69, 9.17) is 9.15 Å². The molecule has 0 unspecified atom stereocenters. The Balaban J connectivity index is 2.08. The van der Waals surface area contributed by atoms with Gasteiger partial charge >= 0.3 is 0 Å². The molecule has 6 heteroatoms. The van der Waals surface area contributed by atoms with Crippen molar-refractivity contribution in [2.75, 3.05) is 20.4 Å². The zero-order valence-corrected chi connectivity index (χ0v) is 16.0. The quantitative estimate of drug-likeness (QED) is 0.669. The van der Waals surface area contributed by atoms with Gasteiger partial charge in [-0.1, -0.05) is 6.07 Å². The minimum Gasteiger partial charge on any atom is -0.504 e. The Bertz CT molecular complexity index is 964. The largest absolute Gasteiger partial charge is 0.504 e. The van der Waals surface area contributed by atoms with Gasteiger partial charge in [0.15, 0.2) is 11.5 Å². The van der Waals surface area contributed by atoms with Gasteiger partial charge in [0.1, 0.15) is 11.3 Å². The van der Waals surface area contributed by atoms with Crippen molar-refractivity contribution in [3.63, 3.8) is 0 Å². The zero-order valence-electron chi connectivity index (χ0n) is 15.2. The molecular weight excluding hydrogens is 350 g/mol. The number of furan rings is 1. The Labute approximate surface area is 156 Å². The first-order chi connectivity index (χ1) is 12.4. The van der Waals surface area contributed by atoms with Crippen LogP contribution in [0.4, 0.5) is 0 Å². The highest BCUT2D eigenvalue weighted by Gasteiger charge is 2.17. The molecule has 3 aromatic rings. The van der Waals surface area contributed by atoms with Crippen molar-refractivity contribution in [2.24, 2.45) is 0 Å². The fourth-order valence-electron chi connectivity index (χ4n) is 2.82. The molecule has 0 bridgehead atoms. The average Bonchev–Trinajstić information content (AvgIpc) is 2.99. The molecule has 1 heterocycles. The summed E-state index contributed by atoms with van der Waals surface area (Å²) in [6.07, 6.45) is 2.00. The van der Waals surface area contributed by atoms with Gasteiger partial charge in [0.2, 0.25) is 5.91 Å². The number of amides is 1. The van der Waals surface area contributed by atoms with Gasteiger partial charge in [0, 0.05) is 31.5 Å². The number of ether oxygens (including phenoxy) is 1. The molecule has 0 aliphatic heterocycles. The monoisotopic (exact) mass is 371 g/mol. The normalized spacial score (nSPS) is 10.9. The predicted molar refractivity (Wildman–Crippen MR) is 104 cm³/mol. The Kier molecular flexibility index (Phi) is 5.13. The van der Waals surface area contributed by atoms with E-state index in [1.807, 2.05) is 18.4 Å². The van der Waals surface area contributed by atoms with Crippen LogP contribution in [0.15, 0.2) is 45.7 Å². The van der Waals surface area contributed by atoms with E-state index in [-0.39, 0.29) is 11.7 Å². The SMILES string of the molecule is COc1cc(-c2oc3ccc(CN(C)C(C)=O)cc3c2SC)ccc1O. The number of phenols is 1. The second kappa shape index (κ2) is 7.33. The molecule has 0 aliphatic carbocycles. The van der Waals surface area contributed by atoms with E-state index >= 15 is 0 Å². The molecular formula is C20H21NO4S. The Hall–Kier alpha value is -2.60. The molecule has 0 radical (unpaired) electrons. The summed E-state index contributed by atoms with van der Waals surface area (Å²) in [6, 6.07) is 11.1. The highest BCUT2D eigenvalue weighted by Crippen LogP contribution is 2.41. The van der Waals surface area contributed by atoms with Gasteiger partial charge in [0.05, 0.1) is 12.0 Å². The van der Waals surface area contributed by atoms with Gasteiger partial charge in [-0.05, 0) is 42.2 Å². The molecule has 1 N–H and O–H groups in total. The molecule has 0 fully saturated rings. The maximum atomic E-state index is 11.5. The number of hydrogen-bond donors (Lipinski definition) is 1. The van der Waals surface area contributed by atoms with E-state index in [0.717, 1.165) is 32.8 Å². The second-order valence-electron chi connectivity index (χ2n) is 6.06. The van der Waals surface area contributed by atoms with Crippen molar-refractivity contribution in [1.29, 1.82) is 0 Å². The van der Waals surface area contributed by atoms with Gasteiger partial charge in [-0.15, -0.1) is 11.8 Å². The van der Waals surface area contributed by atoms with Crippen molar-refractivity contribution < 1.29 is 19.1 Å². The Morgan fingerprint density at radius 1 is 1.27 bits per heavy atom. The van der Waals surface area contributed by atoms with Crippen LogP contribution in [0.25, 0.3) is 22.3 Å². The summed E-state index contributed by atoms with van der Waals surface area (Å²) in [7, 11) is 3.30. The lowest BCUT2D eigenvalue weighted by molar-refractivity contribution is -0.128. The van der Waals surface area contributed by atoms with Crippen LogP contribution < -0.4 is 4.74 Å². The lowest BCUT2D eigenvalue weighted by Gasteiger charge is -2.14. The van der Waals surface area contributed by atoms with Crippen LogP contribution >= 0.6 is 11.8 Å². The van der Waals surface area contributed by atoms with Crippen molar-refractivity contribution >= 4 is 28.6 Å².